The van der Waals surface area contributed by atoms with Crippen molar-refractivity contribution < 1.29 is 9.84 Å². The van der Waals surface area contributed by atoms with Crippen molar-refractivity contribution in [1.82, 2.24) is 9.78 Å². The first-order valence-corrected chi connectivity index (χ1v) is 6.57. The fraction of sp³-hybridized carbons (Fsp3) is 0.308. The standard InChI is InChI=1S/C13H14Cl2N2O2/c1-3-17-12(10(19-2)7-16-17)13(18)11-8(14)5-4-6-9(11)15/h4-7,13,18H,3H2,1-2H3. The molecule has 1 heterocycles. The van der Waals surface area contributed by atoms with E-state index in [2.05, 4.69) is 5.10 Å². The lowest BCUT2D eigenvalue weighted by Gasteiger charge is -2.17. The van der Waals surface area contributed by atoms with Crippen LogP contribution in [0.25, 0.3) is 0 Å². The Kier molecular flexibility index (Phi) is 4.34. The largest absolute Gasteiger partial charge is 0.493 e. The first-order chi connectivity index (χ1) is 9.10. The van der Waals surface area contributed by atoms with Crippen LogP contribution in [0, 0.1) is 0 Å². The van der Waals surface area contributed by atoms with Crippen LogP contribution in [0.1, 0.15) is 24.3 Å². The van der Waals surface area contributed by atoms with Gasteiger partial charge in [0.05, 0.1) is 13.3 Å². The molecule has 1 unspecified atom stereocenters. The third-order valence-corrected chi connectivity index (χ3v) is 3.56. The van der Waals surface area contributed by atoms with Gasteiger partial charge in [0.15, 0.2) is 5.75 Å². The lowest BCUT2D eigenvalue weighted by molar-refractivity contribution is 0.203. The van der Waals surface area contributed by atoms with E-state index in [-0.39, 0.29) is 0 Å². The molecule has 6 heteroatoms. The summed E-state index contributed by atoms with van der Waals surface area (Å²) in [6, 6.07) is 5.10. The van der Waals surface area contributed by atoms with Gasteiger partial charge in [-0.1, -0.05) is 29.3 Å². The topological polar surface area (TPSA) is 47.3 Å². The van der Waals surface area contributed by atoms with Crippen LogP contribution in [0.15, 0.2) is 24.4 Å². The van der Waals surface area contributed by atoms with Gasteiger partial charge in [-0.2, -0.15) is 5.10 Å². The van der Waals surface area contributed by atoms with E-state index >= 15 is 0 Å². The number of benzene rings is 1. The normalized spacial score (nSPS) is 12.5. The van der Waals surface area contributed by atoms with Crippen LogP contribution in [0.5, 0.6) is 5.75 Å². The molecule has 0 aliphatic heterocycles. The van der Waals surface area contributed by atoms with Crippen LogP contribution < -0.4 is 4.74 Å². The molecule has 0 radical (unpaired) electrons. The van der Waals surface area contributed by atoms with Crippen molar-refractivity contribution in [1.29, 1.82) is 0 Å². The van der Waals surface area contributed by atoms with Crippen LogP contribution in [0.4, 0.5) is 0 Å². The Hall–Kier alpha value is -1.23. The summed E-state index contributed by atoms with van der Waals surface area (Å²) < 4.78 is 6.88. The maximum atomic E-state index is 10.6. The summed E-state index contributed by atoms with van der Waals surface area (Å²) in [7, 11) is 1.53. The Morgan fingerprint density at radius 3 is 2.53 bits per heavy atom. The van der Waals surface area contributed by atoms with Crippen molar-refractivity contribution in [2.45, 2.75) is 19.6 Å². The molecule has 1 atom stereocenters. The molecule has 0 saturated heterocycles. The average Bonchev–Trinajstić information content (AvgIpc) is 2.81. The zero-order valence-electron chi connectivity index (χ0n) is 10.6. The molecular weight excluding hydrogens is 287 g/mol. The van der Waals surface area contributed by atoms with Crippen LogP contribution in [0.2, 0.25) is 10.0 Å². The molecule has 1 aromatic heterocycles. The number of ether oxygens (including phenoxy) is 1. The van der Waals surface area contributed by atoms with E-state index in [0.717, 1.165) is 0 Å². The van der Waals surface area contributed by atoms with E-state index in [1.807, 2.05) is 6.92 Å². The molecule has 102 valence electrons. The summed E-state index contributed by atoms with van der Waals surface area (Å²) in [6.45, 7) is 2.54. The van der Waals surface area contributed by atoms with Gasteiger partial charge in [0.2, 0.25) is 0 Å². The fourth-order valence-corrected chi connectivity index (χ4v) is 2.58. The van der Waals surface area contributed by atoms with E-state index in [0.29, 0.717) is 33.6 Å². The molecule has 0 aliphatic rings. The van der Waals surface area contributed by atoms with Gasteiger partial charge < -0.3 is 9.84 Å². The van der Waals surface area contributed by atoms with Crippen LogP contribution in [0.3, 0.4) is 0 Å². The van der Waals surface area contributed by atoms with Gasteiger partial charge >= 0.3 is 0 Å². The second kappa shape index (κ2) is 5.82. The Morgan fingerprint density at radius 1 is 1.37 bits per heavy atom. The Morgan fingerprint density at radius 2 is 2.00 bits per heavy atom. The van der Waals surface area contributed by atoms with Gasteiger partial charge in [0.1, 0.15) is 11.8 Å². The molecule has 1 aromatic carbocycles. The maximum Gasteiger partial charge on any atom is 0.163 e. The summed E-state index contributed by atoms with van der Waals surface area (Å²) >= 11 is 12.2. The van der Waals surface area contributed by atoms with Gasteiger partial charge in [-0.3, -0.25) is 4.68 Å². The highest BCUT2D eigenvalue weighted by Crippen LogP contribution is 2.37. The van der Waals surface area contributed by atoms with E-state index in [1.54, 1.807) is 29.1 Å². The molecule has 0 spiro atoms. The zero-order valence-corrected chi connectivity index (χ0v) is 12.1. The second-order valence-corrected chi connectivity index (χ2v) is 4.77. The van der Waals surface area contributed by atoms with Gasteiger partial charge in [0, 0.05) is 22.2 Å². The molecule has 0 amide bonds. The predicted octanol–water partition coefficient (Wildman–Crippen LogP) is 3.30. The SMILES string of the molecule is CCn1ncc(OC)c1C(O)c1c(Cl)cccc1Cl. The fourth-order valence-electron chi connectivity index (χ4n) is 1.97. The number of aromatic nitrogens is 2. The first kappa shape index (κ1) is 14.2. The number of rotatable bonds is 4. The van der Waals surface area contributed by atoms with Crippen molar-refractivity contribution in [3.63, 3.8) is 0 Å². The summed E-state index contributed by atoms with van der Waals surface area (Å²) in [6.07, 6.45) is 0.575. The number of hydrogen-bond donors (Lipinski definition) is 1. The second-order valence-electron chi connectivity index (χ2n) is 3.95. The van der Waals surface area contributed by atoms with Crippen LogP contribution in [-0.2, 0) is 6.54 Å². The van der Waals surface area contributed by atoms with Crippen molar-refractivity contribution >= 4 is 23.2 Å². The summed E-state index contributed by atoms with van der Waals surface area (Å²) in [5.41, 5.74) is 0.999. The molecule has 4 nitrogen and oxygen atoms in total. The van der Waals surface area contributed by atoms with Gasteiger partial charge in [0.25, 0.3) is 0 Å². The van der Waals surface area contributed by atoms with Gasteiger partial charge in [-0.15, -0.1) is 0 Å². The van der Waals surface area contributed by atoms with Gasteiger partial charge in [-0.25, -0.2) is 0 Å². The molecular formula is C13H14Cl2N2O2. The van der Waals surface area contributed by atoms with Crippen molar-refractivity contribution in [2.24, 2.45) is 0 Å². The van der Waals surface area contributed by atoms with E-state index in [4.69, 9.17) is 27.9 Å². The van der Waals surface area contributed by atoms with Crippen molar-refractivity contribution in [2.75, 3.05) is 7.11 Å². The quantitative estimate of drug-likeness (QED) is 0.942. The Balaban J connectivity index is 2.55. The number of aryl methyl sites for hydroxylation is 1. The molecule has 2 aromatic rings. The summed E-state index contributed by atoms with van der Waals surface area (Å²) in [4.78, 5) is 0. The highest BCUT2D eigenvalue weighted by atomic mass is 35.5. The monoisotopic (exact) mass is 300 g/mol. The maximum absolute atomic E-state index is 10.6. The Bertz CT molecular complexity index is 542. The lowest BCUT2D eigenvalue weighted by Crippen LogP contribution is -2.11. The lowest BCUT2D eigenvalue weighted by atomic mass is 10.1. The highest BCUT2D eigenvalue weighted by molar-refractivity contribution is 6.36. The smallest absolute Gasteiger partial charge is 0.163 e. The third kappa shape index (κ3) is 2.56. The van der Waals surface area contributed by atoms with E-state index in [9.17, 15) is 5.11 Å². The van der Waals surface area contributed by atoms with Crippen molar-refractivity contribution in [3.8, 4) is 5.75 Å². The zero-order chi connectivity index (χ0) is 14.0. The summed E-state index contributed by atoms with van der Waals surface area (Å²) in [5, 5.41) is 15.5. The molecule has 2 rings (SSSR count). The molecule has 0 fully saturated rings. The number of methoxy groups -OCH3 is 1. The van der Waals surface area contributed by atoms with Gasteiger partial charge in [-0.05, 0) is 19.1 Å². The summed E-state index contributed by atoms with van der Waals surface area (Å²) in [5.74, 6) is 0.505. The van der Waals surface area contributed by atoms with E-state index < -0.39 is 6.10 Å². The number of nitrogens with zero attached hydrogens (tertiary/aromatic N) is 2. The predicted molar refractivity (Wildman–Crippen MR) is 75.0 cm³/mol. The minimum atomic E-state index is -0.987. The molecule has 0 saturated carbocycles. The third-order valence-electron chi connectivity index (χ3n) is 2.90. The highest BCUT2D eigenvalue weighted by Gasteiger charge is 2.24. The minimum Gasteiger partial charge on any atom is -0.493 e. The minimum absolute atomic E-state index is 0.408. The molecule has 19 heavy (non-hydrogen) atoms. The number of halogens is 2. The molecule has 1 N–H and O–H groups in total. The average molecular weight is 301 g/mol. The number of aliphatic hydroxyl groups is 1. The van der Waals surface area contributed by atoms with Crippen molar-refractivity contribution in [3.05, 3.63) is 45.7 Å². The van der Waals surface area contributed by atoms with Crippen LogP contribution >= 0.6 is 23.2 Å². The first-order valence-electron chi connectivity index (χ1n) is 5.81. The Labute approximate surface area is 121 Å². The van der Waals surface area contributed by atoms with E-state index in [1.165, 1.54) is 7.11 Å². The molecule has 0 aliphatic carbocycles. The molecule has 0 bridgehead atoms. The number of aliphatic hydroxyl groups excluding tert-OH is 1. The van der Waals surface area contributed by atoms with Crippen LogP contribution in [-0.4, -0.2) is 22.0 Å². The number of hydrogen-bond acceptors (Lipinski definition) is 3.